The molecular weight excluding hydrogens is 162 g/mol. The van der Waals surface area contributed by atoms with Crippen LogP contribution in [-0.2, 0) is 9.53 Å². The fourth-order valence-electron chi connectivity index (χ4n) is 0.638. The van der Waals surface area contributed by atoms with Gasteiger partial charge in [-0.3, -0.25) is 0 Å². The van der Waals surface area contributed by atoms with E-state index in [1.807, 2.05) is 6.26 Å². The highest BCUT2D eigenvalue weighted by atomic mass is 32.2. The van der Waals surface area contributed by atoms with Crippen LogP contribution >= 0.6 is 11.8 Å². The molecule has 0 spiro atoms. The van der Waals surface area contributed by atoms with Gasteiger partial charge in [0.1, 0.15) is 0 Å². The van der Waals surface area contributed by atoms with E-state index in [2.05, 4.69) is 5.73 Å². The van der Waals surface area contributed by atoms with Crippen LogP contribution in [0.25, 0.3) is 0 Å². The van der Waals surface area contributed by atoms with Gasteiger partial charge in [-0.1, -0.05) is 0 Å². The summed E-state index contributed by atoms with van der Waals surface area (Å²) in [6, 6.07) is -0.192. The SMILES string of the molecule is CCOC(=O)[C@H]([NH3+])CCSC. The van der Waals surface area contributed by atoms with Crippen LogP contribution in [0.5, 0.6) is 0 Å². The summed E-state index contributed by atoms with van der Waals surface area (Å²) < 4.78 is 4.79. The second kappa shape index (κ2) is 6.49. The molecule has 0 heterocycles. The topological polar surface area (TPSA) is 53.9 Å². The number of ether oxygens (including phenoxy) is 1. The van der Waals surface area contributed by atoms with Crippen LogP contribution in [0.3, 0.4) is 0 Å². The molecule has 0 aliphatic rings. The van der Waals surface area contributed by atoms with E-state index >= 15 is 0 Å². The van der Waals surface area contributed by atoms with Crippen LogP contribution < -0.4 is 5.73 Å². The molecule has 0 saturated heterocycles. The number of carbonyl (C=O) groups excluding carboxylic acids is 1. The largest absolute Gasteiger partial charge is 0.462 e. The lowest BCUT2D eigenvalue weighted by atomic mass is 10.2. The van der Waals surface area contributed by atoms with E-state index in [0.29, 0.717) is 6.61 Å². The zero-order valence-corrected chi connectivity index (χ0v) is 7.95. The first-order chi connectivity index (χ1) is 5.22. The minimum atomic E-state index is -0.192. The van der Waals surface area contributed by atoms with Crippen molar-refractivity contribution in [1.29, 1.82) is 0 Å². The number of hydrogen-bond donors (Lipinski definition) is 1. The molecule has 4 heteroatoms. The van der Waals surface area contributed by atoms with Gasteiger partial charge < -0.3 is 10.5 Å². The number of rotatable bonds is 5. The Hall–Kier alpha value is -0.220. The average Bonchev–Trinajstić information content (AvgIpc) is 2.00. The van der Waals surface area contributed by atoms with Gasteiger partial charge in [-0.2, -0.15) is 11.8 Å². The van der Waals surface area contributed by atoms with E-state index in [4.69, 9.17) is 4.74 Å². The summed E-state index contributed by atoms with van der Waals surface area (Å²) in [6.45, 7) is 2.25. The van der Waals surface area contributed by atoms with Crippen molar-refractivity contribution in [1.82, 2.24) is 0 Å². The second-order valence-electron chi connectivity index (χ2n) is 2.23. The maximum absolute atomic E-state index is 11.0. The summed E-state index contributed by atoms with van der Waals surface area (Å²) in [5.41, 5.74) is 3.71. The van der Waals surface area contributed by atoms with Crippen LogP contribution in [0.15, 0.2) is 0 Å². The van der Waals surface area contributed by atoms with Gasteiger partial charge in [0, 0.05) is 6.42 Å². The van der Waals surface area contributed by atoms with Gasteiger partial charge in [-0.15, -0.1) is 0 Å². The fourth-order valence-corrected chi connectivity index (χ4v) is 1.16. The van der Waals surface area contributed by atoms with Crippen LogP contribution in [-0.4, -0.2) is 30.6 Å². The Morgan fingerprint density at radius 3 is 2.82 bits per heavy atom. The van der Waals surface area contributed by atoms with Gasteiger partial charge in [0.05, 0.1) is 6.61 Å². The molecule has 0 aliphatic heterocycles. The molecule has 0 aromatic heterocycles. The highest BCUT2D eigenvalue weighted by molar-refractivity contribution is 7.98. The van der Waals surface area contributed by atoms with Crippen molar-refractivity contribution in [3.63, 3.8) is 0 Å². The van der Waals surface area contributed by atoms with Gasteiger partial charge in [0.25, 0.3) is 0 Å². The van der Waals surface area contributed by atoms with Crippen molar-refractivity contribution in [3.8, 4) is 0 Å². The number of thioether (sulfide) groups is 1. The molecule has 0 rings (SSSR count). The van der Waals surface area contributed by atoms with Gasteiger partial charge in [0.15, 0.2) is 6.04 Å². The molecule has 3 N–H and O–H groups in total. The average molecular weight is 178 g/mol. The van der Waals surface area contributed by atoms with E-state index in [1.165, 1.54) is 0 Å². The number of carbonyl (C=O) groups is 1. The maximum Gasteiger partial charge on any atom is 0.364 e. The summed E-state index contributed by atoms with van der Waals surface area (Å²) in [7, 11) is 0. The van der Waals surface area contributed by atoms with E-state index in [9.17, 15) is 4.79 Å². The highest BCUT2D eigenvalue weighted by Crippen LogP contribution is 1.98. The molecule has 0 bridgehead atoms. The van der Waals surface area contributed by atoms with E-state index < -0.39 is 0 Å². The van der Waals surface area contributed by atoms with E-state index in [-0.39, 0.29) is 12.0 Å². The van der Waals surface area contributed by atoms with Crippen molar-refractivity contribution >= 4 is 17.7 Å². The van der Waals surface area contributed by atoms with Crippen LogP contribution in [0.4, 0.5) is 0 Å². The zero-order valence-electron chi connectivity index (χ0n) is 7.13. The lowest BCUT2D eigenvalue weighted by molar-refractivity contribution is -0.408. The van der Waals surface area contributed by atoms with E-state index in [1.54, 1.807) is 18.7 Å². The molecule has 0 fully saturated rings. The minimum absolute atomic E-state index is 0.179. The van der Waals surface area contributed by atoms with Crippen LogP contribution in [0.2, 0.25) is 0 Å². The Kier molecular flexibility index (Phi) is 6.36. The first-order valence-electron chi connectivity index (χ1n) is 3.71. The lowest BCUT2D eigenvalue weighted by Gasteiger charge is -2.05. The first-order valence-corrected chi connectivity index (χ1v) is 5.10. The number of quaternary nitrogens is 1. The monoisotopic (exact) mass is 178 g/mol. The predicted octanol–water partition coefficient (Wildman–Crippen LogP) is -0.0869. The highest BCUT2D eigenvalue weighted by Gasteiger charge is 2.16. The van der Waals surface area contributed by atoms with Gasteiger partial charge in [-0.05, 0) is 18.9 Å². The van der Waals surface area contributed by atoms with E-state index in [0.717, 1.165) is 12.2 Å². The molecule has 11 heavy (non-hydrogen) atoms. The molecule has 0 radical (unpaired) electrons. The summed E-state index contributed by atoms with van der Waals surface area (Å²) >= 11 is 1.72. The molecule has 0 aromatic rings. The second-order valence-corrected chi connectivity index (χ2v) is 3.22. The summed E-state index contributed by atoms with van der Waals surface area (Å²) in [5.74, 6) is 0.786. The third kappa shape index (κ3) is 5.09. The first kappa shape index (κ1) is 10.8. The molecule has 1 atom stereocenters. The Labute approximate surface area is 71.7 Å². The summed E-state index contributed by atoms with van der Waals surface area (Å²) in [6.07, 6.45) is 2.82. The van der Waals surface area contributed by atoms with Crippen molar-refractivity contribution in [3.05, 3.63) is 0 Å². The Morgan fingerprint density at radius 1 is 1.73 bits per heavy atom. The van der Waals surface area contributed by atoms with Crippen molar-refractivity contribution < 1.29 is 15.3 Å². The zero-order chi connectivity index (χ0) is 8.69. The maximum atomic E-state index is 11.0. The Morgan fingerprint density at radius 2 is 2.36 bits per heavy atom. The van der Waals surface area contributed by atoms with Gasteiger partial charge in [-0.25, -0.2) is 4.79 Å². The molecule has 0 unspecified atom stereocenters. The van der Waals surface area contributed by atoms with Gasteiger partial charge in [0.2, 0.25) is 0 Å². The summed E-state index contributed by atoms with van der Waals surface area (Å²) in [5, 5.41) is 0. The standard InChI is InChI=1S/C7H15NO2S/c1-3-10-7(9)6(8)4-5-11-2/h6H,3-5,8H2,1-2H3/p+1/t6-/m1/s1. The van der Waals surface area contributed by atoms with Gasteiger partial charge >= 0.3 is 5.97 Å². The van der Waals surface area contributed by atoms with Crippen LogP contribution in [0.1, 0.15) is 13.3 Å². The molecule has 0 aromatic carbocycles. The molecule has 66 valence electrons. The quantitative estimate of drug-likeness (QED) is 0.599. The van der Waals surface area contributed by atoms with Crippen LogP contribution in [0, 0.1) is 0 Å². The summed E-state index contributed by atoms with van der Waals surface area (Å²) in [4.78, 5) is 11.0. The van der Waals surface area contributed by atoms with Crippen molar-refractivity contribution in [2.45, 2.75) is 19.4 Å². The Bertz CT molecular complexity index is 119. The number of hydrogen-bond acceptors (Lipinski definition) is 3. The molecule has 0 aliphatic carbocycles. The fraction of sp³-hybridized carbons (Fsp3) is 0.857. The third-order valence-corrected chi connectivity index (χ3v) is 1.93. The smallest absolute Gasteiger partial charge is 0.364 e. The minimum Gasteiger partial charge on any atom is -0.462 e. The third-order valence-electron chi connectivity index (χ3n) is 1.29. The lowest BCUT2D eigenvalue weighted by Crippen LogP contribution is -2.65. The predicted molar refractivity (Wildman–Crippen MR) is 46.3 cm³/mol. The Balaban J connectivity index is 3.46. The number of esters is 1. The molecule has 3 nitrogen and oxygen atoms in total. The molecular formula is C7H16NO2S+. The molecule has 0 saturated carbocycles. The molecule has 0 amide bonds. The normalized spacial score (nSPS) is 12.6. The van der Waals surface area contributed by atoms with Crippen molar-refractivity contribution in [2.24, 2.45) is 0 Å². The van der Waals surface area contributed by atoms with Crippen molar-refractivity contribution in [2.75, 3.05) is 18.6 Å².